The quantitative estimate of drug-likeness (QED) is 0.841. The van der Waals surface area contributed by atoms with Crippen molar-refractivity contribution in [3.63, 3.8) is 0 Å². The molecule has 0 N–H and O–H groups in total. The summed E-state index contributed by atoms with van der Waals surface area (Å²) in [6, 6.07) is 7.06. The van der Waals surface area contributed by atoms with Crippen LogP contribution >= 0.6 is 0 Å². The summed E-state index contributed by atoms with van der Waals surface area (Å²) in [4.78, 5) is 2.66. The van der Waals surface area contributed by atoms with Crippen molar-refractivity contribution in [2.24, 2.45) is 7.05 Å². The van der Waals surface area contributed by atoms with E-state index in [1.54, 1.807) is 16.4 Å². The van der Waals surface area contributed by atoms with Gasteiger partial charge in [0.15, 0.2) is 0 Å². The molecule has 0 aliphatic carbocycles. The van der Waals surface area contributed by atoms with Crippen molar-refractivity contribution in [1.82, 2.24) is 19.0 Å². The second-order valence-electron chi connectivity index (χ2n) is 6.41. The normalized spacial score (nSPS) is 17.3. The second-order valence-corrected chi connectivity index (χ2v) is 8.34. The Balaban J connectivity index is 1.64. The van der Waals surface area contributed by atoms with Crippen LogP contribution in [0.1, 0.15) is 16.8 Å². The van der Waals surface area contributed by atoms with E-state index >= 15 is 0 Å². The first-order chi connectivity index (χ1) is 11.4. The maximum atomic E-state index is 12.7. The number of hydrogen-bond acceptors (Lipinski definition) is 4. The van der Waals surface area contributed by atoms with Gasteiger partial charge in [-0.2, -0.15) is 9.40 Å². The lowest BCUT2D eigenvalue weighted by atomic mass is 10.2. The van der Waals surface area contributed by atoms with E-state index in [4.69, 9.17) is 0 Å². The Bertz CT molecular complexity index is 804. The summed E-state index contributed by atoms with van der Waals surface area (Å²) in [5.74, 6) is 0. The maximum Gasteiger partial charge on any atom is 0.243 e. The van der Waals surface area contributed by atoms with Gasteiger partial charge in [-0.05, 0) is 26.0 Å². The van der Waals surface area contributed by atoms with Crippen LogP contribution in [0.15, 0.2) is 35.4 Å². The van der Waals surface area contributed by atoms with Gasteiger partial charge in [-0.1, -0.05) is 17.7 Å². The van der Waals surface area contributed by atoms with Gasteiger partial charge in [-0.25, -0.2) is 8.42 Å². The van der Waals surface area contributed by atoms with Crippen LogP contribution in [0, 0.1) is 13.8 Å². The minimum absolute atomic E-state index is 0.379. The molecule has 0 spiro atoms. The van der Waals surface area contributed by atoms with Crippen molar-refractivity contribution in [1.29, 1.82) is 0 Å². The molecule has 2 heterocycles. The van der Waals surface area contributed by atoms with Crippen molar-refractivity contribution in [2.45, 2.75) is 25.3 Å². The number of sulfonamides is 1. The van der Waals surface area contributed by atoms with Crippen molar-refractivity contribution < 1.29 is 8.42 Å². The van der Waals surface area contributed by atoms with Crippen LogP contribution in [0.25, 0.3) is 0 Å². The number of nitrogens with zero attached hydrogens (tertiary/aromatic N) is 4. The van der Waals surface area contributed by atoms with Gasteiger partial charge in [-0.3, -0.25) is 9.58 Å². The van der Waals surface area contributed by atoms with Crippen LogP contribution in [0.2, 0.25) is 0 Å². The van der Waals surface area contributed by atoms with Gasteiger partial charge in [0.2, 0.25) is 10.0 Å². The third-order valence-corrected chi connectivity index (χ3v) is 6.41. The summed E-state index contributed by atoms with van der Waals surface area (Å²) in [7, 11) is -1.47. The summed E-state index contributed by atoms with van der Waals surface area (Å²) >= 11 is 0. The van der Waals surface area contributed by atoms with E-state index in [9.17, 15) is 8.42 Å². The molecule has 1 aliphatic heterocycles. The highest BCUT2D eigenvalue weighted by atomic mass is 32.2. The zero-order valence-corrected chi connectivity index (χ0v) is 15.3. The highest BCUT2D eigenvalue weighted by Gasteiger charge is 2.28. The number of hydrogen-bond donors (Lipinski definition) is 0. The van der Waals surface area contributed by atoms with Gasteiger partial charge in [0, 0.05) is 51.5 Å². The molecule has 0 unspecified atom stereocenters. The summed E-state index contributed by atoms with van der Waals surface area (Å²) in [5, 5.41) is 4.36. The van der Waals surface area contributed by atoms with Crippen molar-refractivity contribution >= 4 is 10.0 Å². The van der Waals surface area contributed by atoms with E-state index in [-0.39, 0.29) is 0 Å². The van der Waals surface area contributed by atoms with Crippen LogP contribution in [0.4, 0.5) is 0 Å². The Hall–Kier alpha value is -1.70. The number of aromatic nitrogens is 2. The van der Waals surface area contributed by atoms with Gasteiger partial charge < -0.3 is 0 Å². The van der Waals surface area contributed by atoms with Gasteiger partial charge in [0.1, 0.15) is 0 Å². The van der Waals surface area contributed by atoms with E-state index < -0.39 is 10.0 Å². The summed E-state index contributed by atoms with van der Waals surface area (Å²) < 4.78 is 28.8. The monoisotopic (exact) mass is 348 g/mol. The van der Waals surface area contributed by atoms with Gasteiger partial charge in [0.05, 0.1) is 10.6 Å². The number of benzene rings is 1. The molecule has 0 amide bonds. The van der Waals surface area contributed by atoms with E-state index in [0.29, 0.717) is 18.0 Å². The first-order valence-electron chi connectivity index (χ1n) is 8.14. The number of aryl methyl sites for hydroxylation is 3. The molecule has 6 nitrogen and oxygen atoms in total. The average Bonchev–Trinajstić information content (AvgIpc) is 2.86. The molecule has 2 aromatic rings. The topological polar surface area (TPSA) is 58.4 Å². The van der Waals surface area contributed by atoms with Gasteiger partial charge in [-0.15, -0.1) is 0 Å². The lowest BCUT2D eigenvalue weighted by molar-refractivity contribution is 0.181. The number of piperazine rings is 1. The Kier molecular flexibility index (Phi) is 4.76. The molecule has 1 aromatic carbocycles. The predicted octanol–water partition coefficient (Wildman–Crippen LogP) is 1.54. The SMILES string of the molecule is Cc1ccc(S(=O)(=O)N2CCN(Cc3cn(C)nc3C)CC2)cc1. The third-order valence-electron chi connectivity index (χ3n) is 4.50. The molecule has 1 saturated heterocycles. The van der Waals surface area contributed by atoms with Crippen LogP contribution in [0.3, 0.4) is 0 Å². The highest BCUT2D eigenvalue weighted by Crippen LogP contribution is 2.19. The molecule has 7 heteroatoms. The molecule has 1 aromatic heterocycles. The number of rotatable bonds is 4. The molecule has 130 valence electrons. The van der Waals surface area contributed by atoms with Gasteiger partial charge in [0.25, 0.3) is 0 Å². The largest absolute Gasteiger partial charge is 0.296 e. The molecular formula is C17H24N4O2S. The summed E-state index contributed by atoms with van der Waals surface area (Å²) in [6.07, 6.45) is 2.03. The maximum absolute atomic E-state index is 12.7. The van der Waals surface area contributed by atoms with E-state index in [1.807, 2.05) is 43.9 Å². The minimum Gasteiger partial charge on any atom is -0.296 e. The van der Waals surface area contributed by atoms with Gasteiger partial charge >= 0.3 is 0 Å². The first-order valence-corrected chi connectivity index (χ1v) is 9.58. The minimum atomic E-state index is -3.39. The summed E-state index contributed by atoms with van der Waals surface area (Å²) in [6.45, 7) is 7.30. The molecule has 0 saturated carbocycles. The Morgan fingerprint density at radius 2 is 1.67 bits per heavy atom. The molecule has 24 heavy (non-hydrogen) atoms. The zero-order chi connectivity index (χ0) is 17.3. The summed E-state index contributed by atoms with van der Waals surface area (Å²) in [5.41, 5.74) is 3.30. The smallest absolute Gasteiger partial charge is 0.243 e. The lowest BCUT2D eigenvalue weighted by Gasteiger charge is -2.33. The molecule has 0 atom stereocenters. The fourth-order valence-electron chi connectivity index (χ4n) is 3.03. The zero-order valence-electron chi connectivity index (χ0n) is 14.4. The Morgan fingerprint density at radius 3 is 2.21 bits per heavy atom. The van der Waals surface area contributed by atoms with Crippen LogP contribution in [0.5, 0.6) is 0 Å². The lowest BCUT2D eigenvalue weighted by Crippen LogP contribution is -2.48. The van der Waals surface area contributed by atoms with Crippen molar-refractivity contribution in [3.05, 3.63) is 47.3 Å². The fourth-order valence-corrected chi connectivity index (χ4v) is 4.45. The van der Waals surface area contributed by atoms with Crippen molar-refractivity contribution in [2.75, 3.05) is 26.2 Å². The van der Waals surface area contributed by atoms with Crippen LogP contribution in [-0.4, -0.2) is 53.6 Å². The predicted molar refractivity (Wildman–Crippen MR) is 93.2 cm³/mol. The highest BCUT2D eigenvalue weighted by molar-refractivity contribution is 7.89. The average molecular weight is 348 g/mol. The fraction of sp³-hybridized carbons (Fsp3) is 0.471. The Morgan fingerprint density at radius 1 is 1.04 bits per heavy atom. The van der Waals surface area contributed by atoms with E-state index in [0.717, 1.165) is 30.9 Å². The molecule has 1 fully saturated rings. The van der Waals surface area contributed by atoms with Crippen LogP contribution in [-0.2, 0) is 23.6 Å². The van der Waals surface area contributed by atoms with E-state index in [1.165, 1.54) is 5.56 Å². The van der Waals surface area contributed by atoms with Crippen LogP contribution < -0.4 is 0 Å². The molecule has 1 aliphatic rings. The molecule has 0 radical (unpaired) electrons. The first kappa shape index (κ1) is 17.1. The molecular weight excluding hydrogens is 324 g/mol. The molecule has 0 bridgehead atoms. The standard InChI is InChI=1S/C17H24N4O2S/c1-14-4-6-17(7-5-14)24(22,23)21-10-8-20(9-11-21)13-16-12-19(3)18-15(16)2/h4-7,12H,8-11,13H2,1-3H3. The van der Waals surface area contributed by atoms with E-state index in [2.05, 4.69) is 10.00 Å². The molecule has 3 rings (SSSR count). The second kappa shape index (κ2) is 6.66. The Labute approximate surface area is 143 Å². The van der Waals surface area contributed by atoms with Crippen molar-refractivity contribution in [3.8, 4) is 0 Å². The third kappa shape index (κ3) is 3.53.